The zero-order valence-electron chi connectivity index (χ0n) is 12.0. The fourth-order valence-corrected chi connectivity index (χ4v) is 1.93. The number of carboxylic acid groups (broad SMARTS) is 1. The number of hydrogen-bond acceptors (Lipinski definition) is 4. The number of benzene rings is 1. The van der Waals surface area contributed by atoms with Crippen LogP contribution in [0, 0.1) is 0 Å². The summed E-state index contributed by atoms with van der Waals surface area (Å²) < 4.78 is 5.16. The monoisotopic (exact) mass is 301 g/mol. The Hall–Kier alpha value is -2.89. The number of carboxylic acids is 1. The van der Waals surface area contributed by atoms with Gasteiger partial charge in [0.1, 0.15) is 5.58 Å². The van der Waals surface area contributed by atoms with Crippen molar-refractivity contribution < 1.29 is 19.1 Å². The summed E-state index contributed by atoms with van der Waals surface area (Å²) in [5.41, 5.74) is 0.637. The smallest absolute Gasteiger partial charge is 0.371 e. The van der Waals surface area contributed by atoms with Crippen LogP contribution in [0.25, 0.3) is 17.0 Å². The fraction of sp³-hybridized carbons (Fsp3) is 0.188. The zero-order valence-corrected chi connectivity index (χ0v) is 12.0. The third-order valence-corrected chi connectivity index (χ3v) is 2.96. The second-order valence-corrected chi connectivity index (χ2v) is 4.71. The Kier molecular flexibility index (Phi) is 4.73. The first-order chi connectivity index (χ1) is 10.5. The minimum absolute atomic E-state index is 0.0778. The Balaban J connectivity index is 2.20. The molecule has 0 saturated heterocycles. The Morgan fingerprint density at radius 1 is 1.32 bits per heavy atom. The van der Waals surface area contributed by atoms with Crippen LogP contribution >= 0.6 is 0 Å². The normalized spacial score (nSPS) is 11.0. The predicted molar refractivity (Wildman–Crippen MR) is 81.8 cm³/mol. The summed E-state index contributed by atoms with van der Waals surface area (Å²) in [6.07, 6.45) is 4.38. The summed E-state index contributed by atoms with van der Waals surface area (Å²) in [6.45, 7) is 2.00. The highest BCUT2D eigenvalue weighted by molar-refractivity contribution is 5.88. The number of carbonyl (C=O) groups is 2. The molecule has 1 heterocycles. The molecule has 0 spiro atoms. The van der Waals surface area contributed by atoms with Gasteiger partial charge in [0.05, 0.1) is 5.39 Å². The molecular weight excluding hydrogens is 286 g/mol. The van der Waals surface area contributed by atoms with Crippen LogP contribution in [0.5, 0.6) is 0 Å². The van der Waals surface area contributed by atoms with Crippen LogP contribution in [-0.4, -0.2) is 23.5 Å². The van der Waals surface area contributed by atoms with Gasteiger partial charge < -0.3 is 14.8 Å². The average molecular weight is 301 g/mol. The van der Waals surface area contributed by atoms with Crippen LogP contribution < -0.4 is 10.7 Å². The molecule has 1 amide bonds. The molecule has 22 heavy (non-hydrogen) atoms. The highest BCUT2D eigenvalue weighted by Gasteiger charge is 2.10. The van der Waals surface area contributed by atoms with Gasteiger partial charge in [-0.05, 0) is 24.1 Å². The lowest BCUT2D eigenvalue weighted by Crippen LogP contribution is -2.20. The van der Waals surface area contributed by atoms with Gasteiger partial charge >= 0.3 is 5.97 Å². The minimum atomic E-state index is -1.28. The summed E-state index contributed by atoms with van der Waals surface area (Å²) in [7, 11) is 0. The Morgan fingerprint density at radius 2 is 2.09 bits per heavy atom. The van der Waals surface area contributed by atoms with E-state index >= 15 is 0 Å². The van der Waals surface area contributed by atoms with Gasteiger partial charge in [0.15, 0.2) is 5.43 Å². The van der Waals surface area contributed by atoms with Crippen molar-refractivity contribution in [1.82, 2.24) is 5.32 Å². The molecule has 2 aromatic rings. The molecule has 0 saturated carbocycles. The van der Waals surface area contributed by atoms with Gasteiger partial charge in [0, 0.05) is 19.5 Å². The maximum absolute atomic E-state index is 11.9. The van der Waals surface area contributed by atoms with Gasteiger partial charge in [-0.1, -0.05) is 18.2 Å². The lowest BCUT2D eigenvalue weighted by molar-refractivity contribution is -0.118. The molecule has 1 aromatic heterocycles. The van der Waals surface area contributed by atoms with E-state index in [0.717, 1.165) is 11.6 Å². The molecule has 0 aliphatic rings. The van der Waals surface area contributed by atoms with Crippen molar-refractivity contribution >= 4 is 28.9 Å². The number of aromatic carboxylic acids is 1. The molecule has 6 heteroatoms. The number of amides is 1. The van der Waals surface area contributed by atoms with E-state index in [1.807, 2.05) is 12.2 Å². The summed E-state index contributed by atoms with van der Waals surface area (Å²) in [5, 5.41) is 11.9. The van der Waals surface area contributed by atoms with Crippen LogP contribution in [0.15, 0.2) is 39.6 Å². The standard InChI is InChI=1S/C16H15NO5/c1-10(18)17-7-3-2-4-11-5-6-14-12(8-11)13(19)9-15(22-14)16(20)21/h2,4-6,8-9H,3,7H2,1H3,(H,17,18)(H,20,21). The van der Waals surface area contributed by atoms with Crippen LogP contribution in [-0.2, 0) is 4.79 Å². The van der Waals surface area contributed by atoms with Gasteiger partial charge in [-0.2, -0.15) is 0 Å². The molecule has 1 aromatic carbocycles. The van der Waals surface area contributed by atoms with Crippen LogP contribution in [0.1, 0.15) is 29.5 Å². The summed E-state index contributed by atoms with van der Waals surface area (Å²) in [4.78, 5) is 33.5. The van der Waals surface area contributed by atoms with Crippen molar-refractivity contribution in [2.75, 3.05) is 6.54 Å². The average Bonchev–Trinajstić information content (AvgIpc) is 2.46. The summed E-state index contributed by atoms with van der Waals surface area (Å²) >= 11 is 0. The van der Waals surface area contributed by atoms with E-state index in [1.54, 1.807) is 18.2 Å². The van der Waals surface area contributed by atoms with Crippen molar-refractivity contribution in [2.24, 2.45) is 0 Å². The highest BCUT2D eigenvalue weighted by atomic mass is 16.4. The largest absolute Gasteiger partial charge is 0.475 e. The topological polar surface area (TPSA) is 96.6 Å². The third kappa shape index (κ3) is 3.82. The Labute approximate surface area is 126 Å². The SMILES string of the molecule is CC(=O)NCCC=Cc1ccc2oc(C(=O)O)cc(=O)c2c1. The van der Waals surface area contributed by atoms with Gasteiger partial charge in [-0.25, -0.2) is 4.79 Å². The number of nitrogens with one attached hydrogen (secondary N) is 1. The lowest BCUT2D eigenvalue weighted by atomic mass is 10.1. The van der Waals surface area contributed by atoms with Crippen molar-refractivity contribution in [2.45, 2.75) is 13.3 Å². The molecular formula is C16H15NO5. The molecule has 0 bridgehead atoms. The van der Waals surface area contributed by atoms with Gasteiger partial charge in [0.25, 0.3) is 0 Å². The van der Waals surface area contributed by atoms with Crippen molar-refractivity contribution in [1.29, 1.82) is 0 Å². The molecule has 0 radical (unpaired) electrons. The number of fused-ring (bicyclic) bond motifs is 1. The van der Waals surface area contributed by atoms with Crippen LogP contribution in [0.4, 0.5) is 0 Å². The Bertz CT molecular complexity index is 804. The second-order valence-electron chi connectivity index (χ2n) is 4.71. The van der Waals surface area contributed by atoms with E-state index in [4.69, 9.17) is 9.52 Å². The molecule has 0 atom stereocenters. The second kappa shape index (κ2) is 6.71. The van der Waals surface area contributed by atoms with E-state index in [0.29, 0.717) is 18.4 Å². The predicted octanol–water partition coefficient (Wildman–Crippen LogP) is 2.03. The lowest BCUT2D eigenvalue weighted by Gasteiger charge is -2.01. The number of carbonyl (C=O) groups excluding carboxylic acids is 1. The maximum Gasteiger partial charge on any atom is 0.371 e. The fourth-order valence-electron chi connectivity index (χ4n) is 1.93. The zero-order chi connectivity index (χ0) is 16.1. The van der Waals surface area contributed by atoms with Gasteiger partial charge in [-0.15, -0.1) is 0 Å². The molecule has 0 unspecified atom stereocenters. The highest BCUT2D eigenvalue weighted by Crippen LogP contribution is 2.15. The molecule has 2 rings (SSSR count). The molecule has 2 N–H and O–H groups in total. The molecule has 114 valence electrons. The van der Waals surface area contributed by atoms with Crippen LogP contribution in [0.3, 0.4) is 0 Å². The van der Waals surface area contributed by atoms with Gasteiger partial charge in [0.2, 0.25) is 11.7 Å². The Morgan fingerprint density at radius 3 is 2.77 bits per heavy atom. The van der Waals surface area contributed by atoms with E-state index in [1.165, 1.54) is 6.92 Å². The number of rotatable bonds is 5. The molecule has 0 aliphatic carbocycles. The first-order valence-corrected chi connectivity index (χ1v) is 6.69. The van der Waals surface area contributed by atoms with E-state index in [-0.39, 0.29) is 17.3 Å². The minimum Gasteiger partial charge on any atom is -0.475 e. The quantitative estimate of drug-likeness (QED) is 0.824. The van der Waals surface area contributed by atoms with Gasteiger partial charge in [-0.3, -0.25) is 9.59 Å². The first-order valence-electron chi connectivity index (χ1n) is 6.69. The third-order valence-electron chi connectivity index (χ3n) is 2.96. The van der Waals surface area contributed by atoms with E-state index < -0.39 is 11.4 Å². The summed E-state index contributed by atoms with van der Waals surface area (Å²) in [6, 6.07) is 5.90. The van der Waals surface area contributed by atoms with Crippen molar-refractivity contribution in [3.63, 3.8) is 0 Å². The molecule has 6 nitrogen and oxygen atoms in total. The van der Waals surface area contributed by atoms with Crippen LogP contribution in [0.2, 0.25) is 0 Å². The maximum atomic E-state index is 11.9. The number of hydrogen-bond donors (Lipinski definition) is 2. The van der Waals surface area contributed by atoms with E-state index in [2.05, 4.69) is 5.32 Å². The molecule has 0 fully saturated rings. The molecule has 0 aliphatic heterocycles. The van der Waals surface area contributed by atoms with Crippen molar-refractivity contribution in [3.8, 4) is 0 Å². The first kappa shape index (κ1) is 15.5. The van der Waals surface area contributed by atoms with E-state index in [9.17, 15) is 14.4 Å². The summed E-state index contributed by atoms with van der Waals surface area (Å²) in [5.74, 6) is -1.73. The van der Waals surface area contributed by atoms with Crippen molar-refractivity contribution in [3.05, 3.63) is 51.9 Å².